The summed E-state index contributed by atoms with van der Waals surface area (Å²) >= 11 is 0. The van der Waals surface area contributed by atoms with Gasteiger partial charge in [0.2, 0.25) is 0 Å². The first-order valence-electron chi connectivity index (χ1n) is 5.11. The molecule has 86 valence electrons. The predicted octanol–water partition coefficient (Wildman–Crippen LogP) is 0.740. The molecule has 0 radical (unpaired) electrons. The van der Waals surface area contributed by atoms with Crippen LogP contribution in [0.25, 0.3) is 0 Å². The van der Waals surface area contributed by atoms with Crippen molar-refractivity contribution in [3.8, 4) is 0 Å². The van der Waals surface area contributed by atoms with Gasteiger partial charge in [0.25, 0.3) is 0 Å². The predicted molar refractivity (Wildman–Crippen MR) is 59.0 cm³/mol. The van der Waals surface area contributed by atoms with Crippen molar-refractivity contribution >= 4 is 0 Å². The molecule has 0 aliphatic rings. The molecule has 0 saturated carbocycles. The van der Waals surface area contributed by atoms with Crippen LogP contribution in [0.1, 0.15) is 32.5 Å². The topological polar surface area (TPSA) is 65.1 Å². The van der Waals surface area contributed by atoms with Crippen LogP contribution in [0.5, 0.6) is 0 Å². The maximum absolute atomic E-state index is 5.65. The Kier molecular flexibility index (Phi) is 3.84. The molecule has 1 unspecified atom stereocenters. The SMILES string of the molecule is CCOC(C)(C)C(NN)c1ccn(C)n1. The van der Waals surface area contributed by atoms with Crippen LogP contribution in [-0.4, -0.2) is 22.0 Å². The molecular weight excluding hydrogens is 192 g/mol. The third-order valence-electron chi connectivity index (χ3n) is 2.41. The van der Waals surface area contributed by atoms with Gasteiger partial charge in [0.15, 0.2) is 0 Å². The van der Waals surface area contributed by atoms with E-state index in [1.54, 1.807) is 4.68 Å². The van der Waals surface area contributed by atoms with Crippen LogP contribution in [0.15, 0.2) is 12.3 Å². The Morgan fingerprint density at radius 2 is 2.33 bits per heavy atom. The first-order chi connectivity index (χ1) is 7.01. The summed E-state index contributed by atoms with van der Waals surface area (Å²) in [6.45, 7) is 6.61. The molecule has 1 aromatic heterocycles. The van der Waals surface area contributed by atoms with Crippen molar-refractivity contribution < 1.29 is 4.74 Å². The lowest BCUT2D eigenvalue weighted by Crippen LogP contribution is -2.44. The highest BCUT2D eigenvalue weighted by molar-refractivity contribution is 5.10. The Hall–Kier alpha value is -0.910. The monoisotopic (exact) mass is 212 g/mol. The number of nitrogens with zero attached hydrogens (tertiary/aromatic N) is 2. The van der Waals surface area contributed by atoms with Gasteiger partial charge in [0.1, 0.15) is 0 Å². The maximum atomic E-state index is 5.65. The number of aromatic nitrogens is 2. The van der Waals surface area contributed by atoms with Gasteiger partial charge in [-0.15, -0.1) is 0 Å². The summed E-state index contributed by atoms with van der Waals surface area (Å²) in [5.41, 5.74) is 3.27. The Labute approximate surface area is 90.6 Å². The molecule has 0 aromatic carbocycles. The second-order valence-electron chi connectivity index (χ2n) is 4.05. The largest absolute Gasteiger partial charge is 0.374 e. The van der Waals surface area contributed by atoms with Crippen LogP contribution in [0.3, 0.4) is 0 Å². The molecule has 0 aliphatic heterocycles. The normalized spacial score (nSPS) is 14.2. The molecule has 0 saturated heterocycles. The summed E-state index contributed by atoms with van der Waals surface area (Å²) in [5.74, 6) is 5.55. The minimum Gasteiger partial charge on any atom is -0.374 e. The molecule has 3 N–H and O–H groups in total. The number of hydrazine groups is 1. The molecule has 0 amide bonds. The fourth-order valence-corrected chi connectivity index (χ4v) is 1.68. The number of rotatable bonds is 5. The third-order valence-corrected chi connectivity index (χ3v) is 2.41. The lowest BCUT2D eigenvalue weighted by Gasteiger charge is -2.32. The zero-order valence-electron chi connectivity index (χ0n) is 9.82. The molecule has 5 heteroatoms. The summed E-state index contributed by atoms with van der Waals surface area (Å²) in [7, 11) is 1.88. The summed E-state index contributed by atoms with van der Waals surface area (Å²) < 4.78 is 7.41. The molecule has 1 aromatic rings. The van der Waals surface area contributed by atoms with Crippen LogP contribution >= 0.6 is 0 Å². The fourth-order valence-electron chi connectivity index (χ4n) is 1.68. The Morgan fingerprint density at radius 3 is 2.73 bits per heavy atom. The second-order valence-corrected chi connectivity index (χ2v) is 4.05. The number of nitrogens with one attached hydrogen (secondary N) is 1. The van der Waals surface area contributed by atoms with Crippen LogP contribution < -0.4 is 11.3 Å². The highest BCUT2D eigenvalue weighted by atomic mass is 16.5. The smallest absolute Gasteiger partial charge is 0.0934 e. The molecule has 0 bridgehead atoms. The minimum absolute atomic E-state index is 0.112. The van der Waals surface area contributed by atoms with Gasteiger partial charge in [0.05, 0.1) is 17.3 Å². The average molecular weight is 212 g/mol. The summed E-state index contributed by atoms with van der Waals surface area (Å²) in [5, 5.41) is 4.32. The van der Waals surface area contributed by atoms with Crippen molar-refractivity contribution in [1.82, 2.24) is 15.2 Å². The van der Waals surface area contributed by atoms with E-state index >= 15 is 0 Å². The van der Waals surface area contributed by atoms with Gasteiger partial charge >= 0.3 is 0 Å². The van der Waals surface area contributed by atoms with Crippen molar-refractivity contribution in [3.63, 3.8) is 0 Å². The van der Waals surface area contributed by atoms with E-state index in [2.05, 4.69) is 10.5 Å². The summed E-state index contributed by atoms with van der Waals surface area (Å²) in [6, 6.07) is 1.82. The van der Waals surface area contributed by atoms with E-state index in [9.17, 15) is 0 Å². The Bertz CT molecular complexity index is 308. The van der Waals surface area contributed by atoms with Gasteiger partial charge in [-0.1, -0.05) is 0 Å². The summed E-state index contributed by atoms with van der Waals surface area (Å²) in [4.78, 5) is 0. The van der Waals surface area contributed by atoms with Gasteiger partial charge in [-0.3, -0.25) is 10.5 Å². The first-order valence-corrected chi connectivity index (χ1v) is 5.11. The van der Waals surface area contributed by atoms with Gasteiger partial charge in [0, 0.05) is 19.9 Å². The van der Waals surface area contributed by atoms with E-state index in [1.165, 1.54) is 0 Å². The number of aryl methyl sites for hydroxylation is 1. The molecule has 15 heavy (non-hydrogen) atoms. The fraction of sp³-hybridized carbons (Fsp3) is 0.700. The average Bonchev–Trinajstić information content (AvgIpc) is 2.52. The van der Waals surface area contributed by atoms with Crippen molar-refractivity contribution in [2.45, 2.75) is 32.4 Å². The van der Waals surface area contributed by atoms with E-state index in [1.807, 2.05) is 40.1 Å². The van der Waals surface area contributed by atoms with Crippen molar-refractivity contribution in [1.29, 1.82) is 0 Å². The summed E-state index contributed by atoms with van der Waals surface area (Å²) in [6.07, 6.45) is 1.89. The standard InChI is InChI=1S/C10H20N4O/c1-5-15-10(2,3)9(12-11)8-6-7-14(4)13-8/h6-7,9,12H,5,11H2,1-4H3. The maximum Gasteiger partial charge on any atom is 0.0934 e. The van der Waals surface area contributed by atoms with Crippen LogP contribution in [0.4, 0.5) is 0 Å². The van der Waals surface area contributed by atoms with Crippen molar-refractivity contribution in [2.24, 2.45) is 12.9 Å². The second kappa shape index (κ2) is 4.74. The van der Waals surface area contributed by atoms with E-state index in [0.29, 0.717) is 6.61 Å². The number of nitrogens with two attached hydrogens (primary N) is 1. The zero-order valence-corrected chi connectivity index (χ0v) is 9.82. The highest BCUT2D eigenvalue weighted by Crippen LogP contribution is 2.26. The van der Waals surface area contributed by atoms with E-state index in [0.717, 1.165) is 5.69 Å². The van der Waals surface area contributed by atoms with Crippen molar-refractivity contribution in [3.05, 3.63) is 18.0 Å². The molecule has 1 heterocycles. The molecule has 1 atom stereocenters. The van der Waals surface area contributed by atoms with Crippen LogP contribution in [0.2, 0.25) is 0 Å². The Morgan fingerprint density at radius 1 is 1.67 bits per heavy atom. The highest BCUT2D eigenvalue weighted by Gasteiger charge is 2.32. The first kappa shape index (κ1) is 12.2. The van der Waals surface area contributed by atoms with E-state index in [4.69, 9.17) is 10.6 Å². The van der Waals surface area contributed by atoms with Gasteiger partial charge < -0.3 is 4.74 Å². The molecule has 1 rings (SSSR count). The lowest BCUT2D eigenvalue weighted by molar-refractivity contribution is -0.0403. The van der Waals surface area contributed by atoms with Crippen LogP contribution in [0, 0.1) is 0 Å². The molecule has 0 spiro atoms. The molecular formula is C10H20N4O. The van der Waals surface area contributed by atoms with E-state index in [-0.39, 0.29) is 11.6 Å². The number of ether oxygens (including phenoxy) is 1. The van der Waals surface area contributed by atoms with Gasteiger partial charge in [-0.2, -0.15) is 5.10 Å². The minimum atomic E-state index is -0.377. The lowest BCUT2D eigenvalue weighted by atomic mass is 9.96. The van der Waals surface area contributed by atoms with Crippen molar-refractivity contribution in [2.75, 3.05) is 6.61 Å². The van der Waals surface area contributed by atoms with Gasteiger partial charge in [-0.25, -0.2) is 5.43 Å². The quantitative estimate of drug-likeness (QED) is 0.558. The van der Waals surface area contributed by atoms with Crippen LogP contribution in [-0.2, 0) is 11.8 Å². The molecule has 0 aliphatic carbocycles. The number of hydrogen-bond donors (Lipinski definition) is 2. The Balaban J connectivity index is 2.88. The zero-order chi connectivity index (χ0) is 11.5. The third kappa shape index (κ3) is 2.77. The molecule has 0 fully saturated rings. The number of hydrogen-bond acceptors (Lipinski definition) is 4. The van der Waals surface area contributed by atoms with Gasteiger partial charge in [-0.05, 0) is 26.8 Å². The molecule has 5 nitrogen and oxygen atoms in total. The van der Waals surface area contributed by atoms with E-state index < -0.39 is 0 Å².